The number of carbonyl (C=O) groups is 2. The monoisotopic (exact) mass is 228 g/mol. The molecule has 16 heavy (non-hydrogen) atoms. The number of carboxylic acid groups (broad SMARTS) is 1. The average molecular weight is 228 g/mol. The van der Waals surface area contributed by atoms with Crippen molar-refractivity contribution in [1.29, 1.82) is 0 Å². The standard InChI is InChI=1S/C11H16O5/c1-8(5-3-4-6-12)11(15)16-7-9(2)10(13)14/h7,12H,1,3-6H2,2H3,(H,13,14). The van der Waals surface area contributed by atoms with Gasteiger partial charge in [0.25, 0.3) is 0 Å². The predicted molar refractivity (Wildman–Crippen MR) is 57.6 cm³/mol. The first-order valence-electron chi connectivity index (χ1n) is 4.88. The lowest BCUT2D eigenvalue weighted by molar-refractivity contribution is -0.134. The highest BCUT2D eigenvalue weighted by Crippen LogP contribution is 2.07. The van der Waals surface area contributed by atoms with Crippen LogP contribution in [0, 0.1) is 0 Å². The molecular formula is C11H16O5. The van der Waals surface area contributed by atoms with Crippen molar-refractivity contribution in [3.05, 3.63) is 24.0 Å². The van der Waals surface area contributed by atoms with E-state index in [2.05, 4.69) is 11.3 Å². The van der Waals surface area contributed by atoms with Gasteiger partial charge in [-0.15, -0.1) is 0 Å². The van der Waals surface area contributed by atoms with Crippen molar-refractivity contribution in [3.8, 4) is 0 Å². The van der Waals surface area contributed by atoms with Gasteiger partial charge in [0.2, 0.25) is 0 Å². The minimum Gasteiger partial charge on any atom is -0.478 e. The Labute approximate surface area is 94.0 Å². The zero-order chi connectivity index (χ0) is 12.6. The molecule has 0 amide bonds. The second-order valence-electron chi connectivity index (χ2n) is 3.30. The molecule has 0 bridgehead atoms. The quantitative estimate of drug-likeness (QED) is 0.296. The summed E-state index contributed by atoms with van der Waals surface area (Å²) in [6.45, 7) is 4.91. The van der Waals surface area contributed by atoms with Crippen LogP contribution in [0.4, 0.5) is 0 Å². The van der Waals surface area contributed by atoms with Crippen LogP contribution >= 0.6 is 0 Å². The van der Waals surface area contributed by atoms with E-state index in [1.54, 1.807) is 0 Å². The summed E-state index contributed by atoms with van der Waals surface area (Å²) in [4.78, 5) is 21.6. The lowest BCUT2D eigenvalue weighted by atomic mass is 10.1. The summed E-state index contributed by atoms with van der Waals surface area (Å²) in [6.07, 6.45) is 2.56. The SMILES string of the molecule is C=C(CCCCO)C(=O)OC=C(C)C(=O)O. The van der Waals surface area contributed by atoms with Crippen molar-refractivity contribution in [2.45, 2.75) is 26.2 Å². The number of carbonyl (C=O) groups excluding carboxylic acids is 1. The average Bonchev–Trinajstić information content (AvgIpc) is 2.25. The first kappa shape index (κ1) is 14.4. The van der Waals surface area contributed by atoms with E-state index >= 15 is 0 Å². The maximum Gasteiger partial charge on any atom is 0.338 e. The third kappa shape index (κ3) is 5.98. The molecule has 0 aromatic rings. The van der Waals surface area contributed by atoms with Crippen molar-refractivity contribution in [2.24, 2.45) is 0 Å². The highest BCUT2D eigenvalue weighted by atomic mass is 16.5. The highest BCUT2D eigenvalue weighted by Gasteiger charge is 2.08. The Balaban J connectivity index is 4.02. The van der Waals surface area contributed by atoms with Gasteiger partial charge in [-0.1, -0.05) is 6.58 Å². The molecule has 2 N–H and O–H groups in total. The molecule has 0 aliphatic carbocycles. The molecule has 0 atom stereocenters. The smallest absolute Gasteiger partial charge is 0.338 e. The molecular weight excluding hydrogens is 212 g/mol. The van der Waals surface area contributed by atoms with Gasteiger partial charge in [-0.3, -0.25) is 0 Å². The molecule has 0 aliphatic rings. The molecule has 0 aromatic carbocycles. The zero-order valence-electron chi connectivity index (χ0n) is 9.23. The summed E-state index contributed by atoms with van der Waals surface area (Å²) in [7, 11) is 0. The number of hydrogen-bond acceptors (Lipinski definition) is 4. The van der Waals surface area contributed by atoms with E-state index in [1.165, 1.54) is 6.92 Å². The van der Waals surface area contributed by atoms with E-state index < -0.39 is 11.9 Å². The number of ether oxygens (including phenoxy) is 1. The lowest BCUT2D eigenvalue weighted by Crippen LogP contribution is -2.05. The normalized spacial score (nSPS) is 11.0. The Morgan fingerprint density at radius 2 is 2.00 bits per heavy atom. The highest BCUT2D eigenvalue weighted by molar-refractivity contribution is 5.89. The van der Waals surface area contributed by atoms with E-state index in [0.717, 1.165) is 6.26 Å². The van der Waals surface area contributed by atoms with Crippen molar-refractivity contribution >= 4 is 11.9 Å². The van der Waals surface area contributed by atoms with Gasteiger partial charge in [0.15, 0.2) is 0 Å². The molecule has 0 saturated heterocycles. The fraction of sp³-hybridized carbons (Fsp3) is 0.455. The zero-order valence-corrected chi connectivity index (χ0v) is 9.23. The number of aliphatic hydroxyl groups excluding tert-OH is 1. The third-order valence-electron chi connectivity index (χ3n) is 1.86. The Kier molecular flexibility index (Phi) is 6.87. The molecule has 0 rings (SSSR count). The van der Waals surface area contributed by atoms with Crippen LogP contribution in [0.25, 0.3) is 0 Å². The van der Waals surface area contributed by atoms with Gasteiger partial charge < -0.3 is 14.9 Å². The Morgan fingerprint density at radius 1 is 1.38 bits per heavy atom. The maximum atomic E-state index is 11.2. The number of unbranched alkanes of at least 4 members (excludes halogenated alkanes) is 1. The number of esters is 1. The topological polar surface area (TPSA) is 83.8 Å². The molecule has 90 valence electrons. The lowest BCUT2D eigenvalue weighted by Gasteiger charge is -2.03. The second kappa shape index (κ2) is 7.64. The van der Waals surface area contributed by atoms with E-state index in [0.29, 0.717) is 19.3 Å². The molecule has 0 unspecified atom stereocenters. The predicted octanol–water partition coefficient (Wildman–Crippen LogP) is 1.24. The van der Waals surface area contributed by atoms with Gasteiger partial charge in [0.05, 0.1) is 5.57 Å². The van der Waals surface area contributed by atoms with Crippen LogP contribution in [-0.4, -0.2) is 28.8 Å². The van der Waals surface area contributed by atoms with Crippen molar-refractivity contribution < 1.29 is 24.5 Å². The van der Waals surface area contributed by atoms with Crippen molar-refractivity contribution in [3.63, 3.8) is 0 Å². The number of hydrogen-bond donors (Lipinski definition) is 2. The summed E-state index contributed by atoms with van der Waals surface area (Å²) in [5.74, 6) is -1.78. The first-order valence-corrected chi connectivity index (χ1v) is 4.88. The number of aliphatic hydroxyl groups is 1. The fourth-order valence-corrected chi connectivity index (χ4v) is 0.828. The van der Waals surface area contributed by atoms with Crippen molar-refractivity contribution in [2.75, 3.05) is 6.61 Å². The molecule has 0 fully saturated rings. The summed E-state index contributed by atoms with van der Waals surface area (Å²) in [5.41, 5.74) is 0.208. The first-order chi connectivity index (χ1) is 7.49. The van der Waals surface area contributed by atoms with Gasteiger partial charge in [0.1, 0.15) is 6.26 Å². The number of carboxylic acids is 1. The van der Waals surface area contributed by atoms with Crippen LogP contribution in [0.2, 0.25) is 0 Å². The van der Waals surface area contributed by atoms with Gasteiger partial charge in [0, 0.05) is 12.2 Å². The summed E-state index contributed by atoms with van der Waals surface area (Å²) >= 11 is 0. The van der Waals surface area contributed by atoms with Crippen LogP contribution in [-0.2, 0) is 14.3 Å². The number of rotatable bonds is 7. The molecule has 5 nitrogen and oxygen atoms in total. The van der Waals surface area contributed by atoms with E-state index in [4.69, 9.17) is 10.2 Å². The van der Waals surface area contributed by atoms with Crippen LogP contribution < -0.4 is 0 Å². The minimum absolute atomic E-state index is 0.0588. The largest absolute Gasteiger partial charge is 0.478 e. The Morgan fingerprint density at radius 3 is 2.50 bits per heavy atom. The van der Waals surface area contributed by atoms with Crippen LogP contribution in [0.3, 0.4) is 0 Å². The van der Waals surface area contributed by atoms with Crippen LogP contribution in [0.15, 0.2) is 24.0 Å². The van der Waals surface area contributed by atoms with Crippen LogP contribution in [0.5, 0.6) is 0 Å². The molecule has 0 spiro atoms. The molecule has 0 aromatic heterocycles. The van der Waals surface area contributed by atoms with Gasteiger partial charge in [-0.25, -0.2) is 9.59 Å². The molecule has 0 aliphatic heterocycles. The summed E-state index contributed by atoms with van der Waals surface area (Å²) < 4.78 is 4.61. The molecule has 5 heteroatoms. The maximum absolute atomic E-state index is 11.2. The molecule has 0 heterocycles. The van der Waals surface area contributed by atoms with Crippen molar-refractivity contribution in [1.82, 2.24) is 0 Å². The van der Waals surface area contributed by atoms with E-state index in [1.807, 2.05) is 0 Å². The van der Waals surface area contributed by atoms with E-state index in [9.17, 15) is 9.59 Å². The van der Waals surface area contributed by atoms with E-state index in [-0.39, 0.29) is 17.8 Å². The van der Waals surface area contributed by atoms with Gasteiger partial charge in [-0.2, -0.15) is 0 Å². The Hall–Kier alpha value is -1.62. The number of aliphatic carboxylic acids is 1. The second-order valence-corrected chi connectivity index (χ2v) is 3.30. The molecule has 0 saturated carbocycles. The summed E-state index contributed by atoms with van der Waals surface area (Å²) in [5, 5.41) is 17.0. The third-order valence-corrected chi connectivity index (χ3v) is 1.86. The Bertz CT molecular complexity index is 303. The summed E-state index contributed by atoms with van der Waals surface area (Å²) in [6, 6.07) is 0. The minimum atomic E-state index is -1.14. The van der Waals surface area contributed by atoms with Gasteiger partial charge in [-0.05, 0) is 26.2 Å². The fourth-order valence-electron chi connectivity index (χ4n) is 0.828. The molecule has 0 radical (unpaired) electrons. The van der Waals surface area contributed by atoms with Crippen LogP contribution in [0.1, 0.15) is 26.2 Å². The van der Waals surface area contributed by atoms with Gasteiger partial charge >= 0.3 is 11.9 Å².